The smallest absolute Gasteiger partial charge is 0.344 e. The topological polar surface area (TPSA) is 120 Å². The molecular weight excluding hydrogens is 450 g/mol. The summed E-state index contributed by atoms with van der Waals surface area (Å²) in [6.45, 7) is -0.307. The highest BCUT2D eigenvalue weighted by atomic mass is 16.6. The van der Waals surface area contributed by atoms with E-state index in [9.17, 15) is 19.7 Å². The Balaban J connectivity index is 1.27. The highest BCUT2D eigenvalue weighted by Gasteiger charge is 2.12. The third kappa shape index (κ3) is 6.05. The molecule has 0 heterocycles. The molecule has 0 atom stereocenters. The lowest BCUT2D eigenvalue weighted by atomic mass is 10.0. The lowest BCUT2D eigenvalue weighted by Gasteiger charge is -2.07. The summed E-state index contributed by atoms with van der Waals surface area (Å²) in [5, 5.41) is 16.3. The van der Waals surface area contributed by atoms with Gasteiger partial charge in [-0.05, 0) is 58.8 Å². The molecule has 0 aliphatic carbocycles. The Morgan fingerprint density at radius 1 is 0.886 bits per heavy atom. The quantitative estimate of drug-likeness (QED) is 0.133. The third-order valence-electron chi connectivity index (χ3n) is 4.92. The van der Waals surface area contributed by atoms with Crippen molar-refractivity contribution in [3.63, 3.8) is 0 Å². The maximum absolute atomic E-state index is 12.6. The fraction of sp³-hybridized carbons (Fsp3) is 0.0385. The Morgan fingerprint density at radius 3 is 2.31 bits per heavy atom. The molecule has 9 heteroatoms. The van der Waals surface area contributed by atoms with E-state index in [0.29, 0.717) is 22.6 Å². The Labute approximate surface area is 199 Å². The van der Waals surface area contributed by atoms with Gasteiger partial charge in [-0.25, -0.2) is 10.2 Å². The van der Waals surface area contributed by atoms with Crippen LogP contribution in [0.15, 0.2) is 96.1 Å². The molecule has 0 radical (unpaired) electrons. The van der Waals surface area contributed by atoms with E-state index in [1.807, 2.05) is 36.4 Å². The predicted octanol–water partition coefficient (Wildman–Crippen LogP) is 4.50. The molecule has 9 nitrogen and oxygen atoms in total. The summed E-state index contributed by atoms with van der Waals surface area (Å²) in [5.41, 5.74) is 3.41. The average Bonchev–Trinajstić information content (AvgIpc) is 2.88. The van der Waals surface area contributed by atoms with Crippen molar-refractivity contribution in [3.05, 3.63) is 112 Å². The summed E-state index contributed by atoms with van der Waals surface area (Å²) in [5.74, 6) is -0.257. The first kappa shape index (κ1) is 23.1. The van der Waals surface area contributed by atoms with Gasteiger partial charge in [-0.2, -0.15) is 5.10 Å². The third-order valence-corrected chi connectivity index (χ3v) is 4.92. The van der Waals surface area contributed by atoms with E-state index < -0.39 is 16.8 Å². The van der Waals surface area contributed by atoms with Gasteiger partial charge in [0.15, 0.2) is 6.61 Å². The summed E-state index contributed by atoms with van der Waals surface area (Å²) < 4.78 is 10.8. The van der Waals surface area contributed by atoms with Crippen LogP contribution in [0.1, 0.15) is 15.9 Å². The van der Waals surface area contributed by atoms with Gasteiger partial charge in [-0.3, -0.25) is 14.9 Å². The molecule has 4 aromatic rings. The summed E-state index contributed by atoms with van der Waals surface area (Å²) in [7, 11) is 0. The Hall–Kier alpha value is -5.05. The van der Waals surface area contributed by atoms with Gasteiger partial charge in [0.05, 0.1) is 16.7 Å². The van der Waals surface area contributed by atoms with E-state index in [4.69, 9.17) is 9.47 Å². The number of amides is 1. The largest absolute Gasteiger partial charge is 0.484 e. The first-order chi connectivity index (χ1) is 17.0. The van der Waals surface area contributed by atoms with Crippen LogP contribution in [0, 0.1) is 10.1 Å². The number of nitro benzene ring substituents is 1. The minimum absolute atomic E-state index is 0.0688. The minimum Gasteiger partial charge on any atom is -0.484 e. The zero-order chi connectivity index (χ0) is 24.6. The normalized spacial score (nSPS) is 10.7. The van der Waals surface area contributed by atoms with Crippen LogP contribution in [0.3, 0.4) is 0 Å². The average molecular weight is 469 g/mol. The van der Waals surface area contributed by atoms with Gasteiger partial charge in [0.2, 0.25) is 0 Å². The van der Waals surface area contributed by atoms with Crippen molar-refractivity contribution < 1.29 is 24.0 Å². The van der Waals surface area contributed by atoms with Crippen molar-refractivity contribution in [1.29, 1.82) is 0 Å². The highest BCUT2D eigenvalue weighted by molar-refractivity contribution is 6.05. The van der Waals surface area contributed by atoms with Crippen molar-refractivity contribution in [2.75, 3.05) is 6.61 Å². The second-order valence-electron chi connectivity index (χ2n) is 7.32. The van der Waals surface area contributed by atoms with Gasteiger partial charge in [-0.1, -0.05) is 36.4 Å². The summed E-state index contributed by atoms with van der Waals surface area (Å²) in [6.07, 6.45) is 1.43. The number of carbonyl (C=O) groups excluding carboxylic acids is 2. The van der Waals surface area contributed by atoms with E-state index in [1.165, 1.54) is 30.5 Å². The predicted molar refractivity (Wildman–Crippen MR) is 130 cm³/mol. The molecule has 1 N–H and O–H groups in total. The van der Waals surface area contributed by atoms with Crippen molar-refractivity contribution in [2.24, 2.45) is 5.10 Å². The molecule has 0 spiro atoms. The number of nitro groups is 1. The first-order valence-electron chi connectivity index (χ1n) is 10.5. The maximum Gasteiger partial charge on any atom is 0.344 e. The number of nitrogens with one attached hydrogen (secondary N) is 1. The molecule has 0 bridgehead atoms. The highest BCUT2D eigenvalue weighted by Crippen LogP contribution is 2.21. The van der Waals surface area contributed by atoms with Gasteiger partial charge in [0.25, 0.3) is 11.6 Å². The molecule has 174 valence electrons. The number of non-ortho nitro benzene ring substituents is 1. The molecule has 0 saturated heterocycles. The number of benzene rings is 4. The lowest BCUT2D eigenvalue weighted by Crippen LogP contribution is -2.24. The molecule has 35 heavy (non-hydrogen) atoms. The standard InChI is InChI=1S/C26H19N3O6/c30-25(17-34-21-14-10-20(11-15-21)29(32)33)28-27-16-18-8-12-22(13-9-18)35-26(31)24-7-3-5-19-4-1-2-6-23(19)24/h1-16H,17H2,(H,28,30)/b27-16-. The Morgan fingerprint density at radius 2 is 1.57 bits per heavy atom. The number of hydrogen-bond donors (Lipinski definition) is 1. The molecule has 4 rings (SSSR count). The number of hydrogen-bond acceptors (Lipinski definition) is 7. The lowest BCUT2D eigenvalue weighted by molar-refractivity contribution is -0.384. The van der Waals surface area contributed by atoms with Gasteiger partial charge in [0.1, 0.15) is 11.5 Å². The number of carbonyl (C=O) groups is 2. The van der Waals surface area contributed by atoms with E-state index in [1.54, 1.807) is 30.3 Å². The summed E-state index contributed by atoms with van der Waals surface area (Å²) in [6, 6.07) is 25.1. The van der Waals surface area contributed by atoms with Crippen LogP contribution in [0.2, 0.25) is 0 Å². The molecule has 0 aromatic heterocycles. The molecule has 0 saturated carbocycles. The van der Waals surface area contributed by atoms with Crippen LogP contribution in [0.4, 0.5) is 5.69 Å². The van der Waals surface area contributed by atoms with E-state index in [0.717, 1.165) is 10.8 Å². The van der Waals surface area contributed by atoms with E-state index >= 15 is 0 Å². The van der Waals surface area contributed by atoms with Gasteiger partial charge in [-0.15, -0.1) is 0 Å². The maximum atomic E-state index is 12.6. The summed E-state index contributed by atoms with van der Waals surface area (Å²) >= 11 is 0. The number of fused-ring (bicyclic) bond motifs is 1. The van der Waals surface area contributed by atoms with Crippen LogP contribution in [-0.4, -0.2) is 29.6 Å². The molecule has 0 fully saturated rings. The molecule has 0 aliphatic rings. The van der Waals surface area contributed by atoms with Crippen molar-refractivity contribution in [2.45, 2.75) is 0 Å². The second kappa shape index (κ2) is 10.7. The summed E-state index contributed by atoms with van der Waals surface area (Å²) in [4.78, 5) is 34.6. The van der Waals surface area contributed by atoms with Crippen LogP contribution in [-0.2, 0) is 4.79 Å². The SMILES string of the molecule is O=C(COc1ccc([N+](=O)[O-])cc1)N/N=C\c1ccc(OC(=O)c2cccc3ccccc23)cc1. The fourth-order valence-corrected chi connectivity index (χ4v) is 3.21. The molecular formula is C26H19N3O6. The van der Waals surface area contributed by atoms with Gasteiger partial charge < -0.3 is 9.47 Å². The van der Waals surface area contributed by atoms with E-state index in [2.05, 4.69) is 10.5 Å². The Kier molecular flexibility index (Phi) is 7.08. The zero-order valence-electron chi connectivity index (χ0n) is 18.3. The number of rotatable bonds is 8. The van der Waals surface area contributed by atoms with Crippen molar-refractivity contribution >= 4 is 34.6 Å². The second-order valence-corrected chi connectivity index (χ2v) is 7.32. The monoisotopic (exact) mass is 469 g/mol. The van der Waals surface area contributed by atoms with Crippen LogP contribution in [0.5, 0.6) is 11.5 Å². The van der Waals surface area contributed by atoms with Gasteiger partial charge in [0, 0.05) is 12.1 Å². The van der Waals surface area contributed by atoms with Crippen molar-refractivity contribution in [3.8, 4) is 11.5 Å². The Bertz CT molecular complexity index is 1390. The number of esters is 1. The molecule has 0 unspecified atom stereocenters. The van der Waals surface area contributed by atoms with Gasteiger partial charge >= 0.3 is 5.97 Å². The molecule has 4 aromatic carbocycles. The molecule has 0 aliphatic heterocycles. The van der Waals surface area contributed by atoms with Crippen LogP contribution < -0.4 is 14.9 Å². The minimum atomic E-state index is -0.521. The number of ether oxygens (including phenoxy) is 2. The van der Waals surface area contributed by atoms with Crippen molar-refractivity contribution in [1.82, 2.24) is 5.43 Å². The van der Waals surface area contributed by atoms with Crippen LogP contribution in [0.25, 0.3) is 10.8 Å². The van der Waals surface area contributed by atoms with E-state index in [-0.39, 0.29) is 12.3 Å². The fourth-order valence-electron chi connectivity index (χ4n) is 3.21. The number of nitrogens with zero attached hydrogens (tertiary/aromatic N) is 2. The number of hydrazone groups is 1. The molecule has 1 amide bonds. The zero-order valence-corrected chi connectivity index (χ0v) is 18.3. The first-order valence-corrected chi connectivity index (χ1v) is 10.5. The van der Waals surface area contributed by atoms with Crippen LogP contribution >= 0.6 is 0 Å².